The minimum absolute atomic E-state index is 0.126. The van der Waals surface area contributed by atoms with Crippen molar-refractivity contribution in [3.63, 3.8) is 0 Å². The van der Waals surface area contributed by atoms with Crippen molar-refractivity contribution in [3.05, 3.63) is 64.3 Å². The molecule has 0 atom stereocenters. The van der Waals surface area contributed by atoms with Crippen LogP contribution < -0.4 is 0 Å². The zero-order chi connectivity index (χ0) is 15.0. The van der Waals surface area contributed by atoms with Crippen molar-refractivity contribution in [1.29, 1.82) is 0 Å². The van der Waals surface area contributed by atoms with Crippen LogP contribution in [0.3, 0.4) is 0 Å². The van der Waals surface area contributed by atoms with Crippen molar-refractivity contribution in [2.75, 3.05) is 0 Å². The molecule has 0 saturated carbocycles. The van der Waals surface area contributed by atoms with Gasteiger partial charge in [0.1, 0.15) is 11.3 Å². The van der Waals surface area contributed by atoms with Crippen LogP contribution in [0.4, 0.5) is 5.69 Å². The first-order valence-electron chi connectivity index (χ1n) is 6.03. The minimum atomic E-state index is -1.35. The molecule has 21 heavy (non-hydrogen) atoms. The third kappa shape index (κ3) is 2.00. The van der Waals surface area contributed by atoms with Gasteiger partial charge in [-0.15, -0.1) is 0 Å². The minimum Gasteiger partial charge on any atom is -0.477 e. The van der Waals surface area contributed by atoms with Crippen LogP contribution in [0, 0.1) is 10.1 Å². The van der Waals surface area contributed by atoms with Crippen molar-refractivity contribution in [3.8, 4) is 5.69 Å². The average Bonchev–Trinajstić information content (AvgIpc) is 2.90. The number of carboxylic acids is 1. The van der Waals surface area contributed by atoms with E-state index in [1.54, 1.807) is 18.3 Å². The molecule has 0 fully saturated rings. The summed E-state index contributed by atoms with van der Waals surface area (Å²) < 4.78 is 1.37. The van der Waals surface area contributed by atoms with Crippen LogP contribution in [-0.4, -0.2) is 25.8 Å². The molecule has 0 bridgehead atoms. The Morgan fingerprint density at radius 3 is 2.67 bits per heavy atom. The number of hydrogen-bond acceptors (Lipinski definition) is 4. The Morgan fingerprint density at radius 2 is 1.95 bits per heavy atom. The third-order valence-corrected chi connectivity index (χ3v) is 3.13. The van der Waals surface area contributed by atoms with Crippen molar-refractivity contribution < 1.29 is 14.8 Å². The Morgan fingerprint density at radius 1 is 1.19 bits per heavy atom. The van der Waals surface area contributed by atoms with Crippen LogP contribution >= 0.6 is 0 Å². The van der Waals surface area contributed by atoms with Gasteiger partial charge in [-0.1, -0.05) is 24.3 Å². The molecule has 3 rings (SSSR count). The lowest BCUT2D eigenvalue weighted by molar-refractivity contribution is -0.384. The summed E-state index contributed by atoms with van der Waals surface area (Å²) in [6.07, 6.45) is 1.58. The number of aromatic carboxylic acids is 1. The Balaban J connectivity index is 2.35. The van der Waals surface area contributed by atoms with Gasteiger partial charge in [0, 0.05) is 5.39 Å². The highest BCUT2D eigenvalue weighted by Gasteiger charge is 2.26. The molecule has 1 N–H and O–H groups in total. The normalized spacial score (nSPS) is 10.7. The molecule has 0 unspecified atom stereocenters. The van der Waals surface area contributed by atoms with E-state index in [9.17, 15) is 14.9 Å². The first kappa shape index (κ1) is 12.8. The smallest absolute Gasteiger partial charge is 0.342 e. The highest BCUT2D eigenvalue weighted by Crippen LogP contribution is 2.29. The van der Waals surface area contributed by atoms with E-state index in [4.69, 9.17) is 5.11 Å². The number of nitrogens with zero attached hydrogens (tertiary/aromatic N) is 3. The molecule has 0 spiro atoms. The molecular formula is C14H9N3O4. The molecule has 0 aliphatic heterocycles. The van der Waals surface area contributed by atoms with Gasteiger partial charge < -0.3 is 5.11 Å². The van der Waals surface area contributed by atoms with E-state index < -0.39 is 16.6 Å². The van der Waals surface area contributed by atoms with E-state index in [2.05, 4.69) is 5.10 Å². The van der Waals surface area contributed by atoms with Crippen LogP contribution in [-0.2, 0) is 0 Å². The molecular weight excluding hydrogens is 274 g/mol. The summed E-state index contributed by atoms with van der Waals surface area (Å²) in [6.45, 7) is 0. The molecule has 1 heterocycles. The van der Waals surface area contributed by atoms with Gasteiger partial charge in [0.2, 0.25) is 0 Å². The largest absolute Gasteiger partial charge is 0.477 e. The Labute approximate surface area is 118 Å². The first-order chi connectivity index (χ1) is 10.1. The molecule has 3 aromatic rings. The molecule has 0 saturated heterocycles. The predicted molar refractivity (Wildman–Crippen MR) is 74.7 cm³/mol. The average molecular weight is 283 g/mol. The maximum Gasteiger partial charge on any atom is 0.342 e. The molecule has 1 aromatic heterocycles. The lowest BCUT2D eigenvalue weighted by Gasteiger charge is -2.06. The SMILES string of the molecule is O=C(O)c1cccc(-n2ncc3ccccc32)c1[N+](=O)[O-]. The second-order valence-electron chi connectivity index (χ2n) is 4.35. The summed E-state index contributed by atoms with van der Waals surface area (Å²) in [5.41, 5.74) is -0.0415. The fourth-order valence-electron chi connectivity index (χ4n) is 2.23. The van der Waals surface area contributed by atoms with Crippen molar-refractivity contribution in [1.82, 2.24) is 9.78 Å². The highest BCUT2D eigenvalue weighted by atomic mass is 16.6. The molecule has 0 aliphatic carbocycles. The summed E-state index contributed by atoms with van der Waals surface area (Å²) >= 11 is 0. The Hall–Kier alpha value is -3.22. The number of carboxylic acid groups (broad SMARTS) is 1. The van der Waals surface area contributed by atoms with E-state index in [1.165, 1.54) is 22.9 Å². The number of benzene rings is 2. The number of hydrogen-bond donors (Lipinski definition) is 1. The maximum atomic E-state index is 11.3. The van der Waals surface area contributed by atoms with Gasteiger partial charge >= 0.3 is 11.7 Å². The van der Waals surface area contributed by atoms with Crippen LogP contribution in [0.15, 0.2) is 48.7 Å². The molecule has 7 nitrogen and oxygen atoms in total. The lowest BCUT2D eigenvalue weighted by atomic mass is 10.1. The number of carbonyl (C=O) groups is 1. The summed E-state index contributed by atoms with van der Waals surface area (Å²) in [5, 5.41) is 25.3. The van der Waals surface area contributed by atoms with Gasteiger partial charge in [0.15, 0.2) is 0 Å². The van der Waals surface area contributed by atoms with Crippen LogP contribution in [0.1, 0.15) is 10.4 Å². The van der Waals surface area contributed by atoms with E-state index in [-0.39, 0.29) is 11.3 Å². The fourth-order valence-corrected chi connectivity index (χ4v) is 2.23. The monoisotopic (exact) mass is 283 g/mol. The zero-order valence-electron chi connectivity index (χ0n) is 10.6. The van der Waals surface area contributed by atoms with Gasteiger partial charge in [-0.05, 0) is 18.2 Å². The van der Waals surface area contributed by atoms with Crippen LogP contribution in [0.25, 0.3) is 16.6 Å². The summed E-state index contributed by atoms with van der Waals surface area (Å²) in [6, 6.07) is 11.3. The molecule has 7 heteroatoms. The van der Waals surface area contributed by atoms with Crippen molar-refractivity contribution >= 4 is 22.6 Å². The number of nitro benzene ring substituents is 1. The predicted octanol–water partition coefficient (Wildman–Crippen LogP) is 2.63. The molecule has 0 radical (unpaired) electrons. The number of fused-ring (bicyclic) bond motifs is 1. The van der Waals surface area contributed by atoms with Crippen molar-refractivity contribution in [2.24, 2.45) is 0 Å². The summed E-state index contributed by atoms with van der Waals surface area (Å²) in [4.78, 5) is 21.8. The molecule has 2 aromatic carbocycles. The standard InChI is InChI=1S/C14H9N3O4/c18-14(19)10-5-3-7-12(13(10)17(20)21)16-11-6-2-1-4-9(11)8-15-16/h1-8H,(H,18,19). The second kappa shape index (κ2) is 4.71. The number of rotatable bonds is 3. The number of para-hydroxylation sites is 2. The molecule has 0 amide bonds. The van der Waals surface area contributed by atoms with Crippen molar-refractivity contribution in [2.45, 2.75) is 0 Å². The van der Waals surface area contributed by atoms with Gasteiger partial charge in [-0.25, -0.2) is 9.48 Å². The highest BCUT2D eigenvalue weighted by molar-refractivity contribution is 5.94. The fraction of sp³-hybridized carbons (Fsp3) is 0. The molecule has 104 valence electrons. The van der Waals surface area contributed by atoms with Gasteiger partial charge in [-0.2, -0.15) is 5.10 Å². The van der Waals surface area contributed by atoms with Gasteiger partial charge in [0.05, 0.1) is 16.6 Å². The van der Waals surface area contributed by atoms with Crippen LogP contribution in [0.2, 0.25) is 0 Å². The summed E-state index contributed by atoms with van der Waals surface area (Å²) in [5.74, 6) is -1.35. The third-order valence-electron chi connectivity index (χ3n) is 3.13. The van der Waals surface area contributed by atoms with E-state index in [0.29, 0.717) is 5.52 Å². The Bertz CT molecular complexity index is 870. The lowest BCUT2D eigenvalue weighted by Crippen LogP contribution is -2.08. The summed E-state index contributed by atoms with van der Waals surface area (Å²) in [7, 11) is 0. The second-order valence-corrected chi connectivity index (χ2v) is 4.35. The van der Waals surface area contributed by atoms with E-state index in [0.717, 1.165) is 5.39 Å². The van der Waals surface area contributed by atoms with Gasteiger partial charge in [0.25, 0.3) is 0 Å². The maximum absolute atomic E-state index is 11.3. The quantitative estimate of drug-likeness (QED) is 0.588. The topological polar surface area (TPSA) is 98.3 Å². The zero-order valence-corrected chi connectivity index (χ0v) is 10.6. The number of aromatic nitrogens is 2. The van der Waals surface area contributed by atoms with E-state index in [1.807, 2.05) is 12.1 Å². The van der Waals surface area contributed by atoms with Gasteiger partial charge in [-0.3, -0.25) is 10.1 Å². The Kier molecular flexibility index (Phi) is 2.87. The number of nitro groups is 1. The first-order valence-corrected chi connectivity index (χ1v) is 6.03. The molecule has 0 aliphatic rings. The van der Waals surface area contributed by atoms with Crippen LogP contribution in [0.5, 0.6) is 0 Å². The van der Waals surface area contributed by atoms with E-state index >= 15 is 0 Å².